The molecular formula is C22H22N4O3. The molecular weight excluding hydrogens is 368 g/mol. The van der Waals surface area contributed by atoms with Gasteiger partial charge in [-0.1, -0.05) is 6.07 Å². The molecule has 7 heteroatoms. The highest BCUT2D eigenvalue weighted by Crippen LogP contribution is 2.37. The fraction of sp³-hybridized carbons (Fsp3) is 0.318. The number of rotatable bonds is 5. The molecule has 0 radical (unpaired) electrons. The molecule has 1 amide bonds. The lowest BCUT2D eigenvalue weighted by Crippen LogP contribution is -2.25. The lowest BCUT2D eigenvalue weighted by Gasteiger charge is -2.16. The van der Waals surface area contributed by atoms with E-state index in [0.29, 0.717) is 11.3 Å². The van der Waals surface area contributed by atoms with E-state index in [1.807, 2.05) is 32.2 Å². The number of nitriles is 1. The molecule has 148 valence electrons. The molecule has 0 saturated heterocycles. The van der Waals surface area contributed by atoms with Gasteiger partial charge < -0.3 is 15.2 Å². The van der Waals surface area contributed by atoms with Crippen LogP contribution in [0.25, 0.3) is 16.6 Å². The van der Waals surface area contributed by atoms with E-state index < -0.39 is 5.41 Å². The van der Waals surface area contributed by atoms with Gasteiger partial charge in [0.15, 0.2) is 0 Å². The molecule has 1 aliphatic rings. The molecule has 1 aliphatic carbocycles. The summed E-state index contributed by atoms with van der Waals surface area (Å²) in [5.74, 6) is -0.171. The van der Waals surface area contributed by atoms with Crippen LogP contribution in [0.3, 0.4) is 0 Å². The van der Waals surface area contributed by atoms with Crippen molar-refractivity contribution in [2.45, 2.75) is 38.1 Å². The van der Waals surface area contributed by atoms with Crippen LogP contribution in [0.5, 0.6) is 11.5 Å². The maximum absolute atomic E-state index is 12.5. The fourth-order valence-electron chi connectivity index (χ4n) is 3.27. The van der Waals surface area contributed by atoms with Crippen LogP contribution in [-0.2, 0) is 5.41 Å². The maximum Gasteiger partial charge on any atom is 0.259 e. The molecule has 0 atom stereocenters. The van der Waals surface area contributed by atoms with Gasteiger partial charge in [0, 0.05) is 17.8 Å². The number of carbonyl (C=O) groups excluding carboxylic acids is 1. The fourth-order valence-corrected chi connectivity index (χ4v) is 3.27. The molecule has 1 aromatic carbocycles. The third-order valence-corrected chi connectivity index (χ3v) is 5.27. The topological polar surface area (TPSA) is 99.7 Å². The van der Waals surface area contributed by atoms with E-state index >= 15 is 0 Å². The van der Waals surface area contributed by atoms with Crippen molar-refractivity contribution < 1.29 is 14.6 Å². The smallest absolute Gasteiger partial charge is 0.259 e. The summed E-state index contributed by atoms with van der Waals surface area (Å²) < 4.78 is 7.10. The van der Waals surface area contributed by atoms with Crippen molar-refractivity contribution >= 4 is 11.4 Å². The Morgan fingerprint density at radius 1 is 1.38 bits per heavy atom. The van der Waals surface area contributed by atoms with Gasteiger partial charge in [-0.3, -0.25) is 4.79 Å². The van der Waals surface area contributed by atoms with Gasteiger partial charge in [-0.05, 0) is 56.0 Å². The number of amides is 1. The number of hydrogen-bond donors (Lipinski definition) is 2. The number of nitrogens with zero attached hydrogens (tertiary/aromatic N) is 3. The SMILES string of the molecule is COc1cc(-c2cnn3cc(C(C)(C)C#N)ccc23)cc(O)c1C(=O)NC1CC1. The van der Waals surface area contributed by atoms with Gasteiger partial charge in [-0.15, -0.1) is 0 Å². The van der Waals surface area contributed by atoms with Crippen molar-refractivity contribution in [1.82, 2.24) is 14.9 Å². The largest absolute Gasteiger partial charge is 0.507 e. The quantitative estimate of drug-likeness (QED) is 0.695. The van der Waals surface area contributed by atoms with E-state index in [9.17, 15) is 15.2 Å². The highest BCUT2D eigenvalue weighted by Gasteiger charge is 2.28. The lowest BCUT2D eigenvalue weighted by atomic mass is 9.87. The summed E-state index contributed by atoms with van der Waals surface area (Å²) in [5, 5.41) is 27.2. The number of nitrogens with one attached hydrogen (secondary N) is 1. The summed E-state index contributed by atoms with van der Waals surface area (Å²) in [5.41, 5.74) is 2.66. The van der Waals surface area contributed by atoms with E-state index in [4.69, 9.17) is 4.74 Å². The number of fused-ring (bicyclic) bond motifs is 1. The van der Waals surface area contributed by atoms with Crippen LogP contribution >= 0.6 is 0 Å². The number of carbonyl (C=O) groups is 1. The number of aromatic nitrogens is 2. The first-order chi connectivity index (χ1) is 13.8. The van der Waals surface area contributed by atoms with Crippen LogP contribution in [-0.4, -0.2) is 33.8 Å². The average Bonchev–Trinajstić information content (AvgIpc) is 3.41. The Hall–Kier alpha value is -3.53. The Kier molecular flexibility index (Phi) is 4.42. The van der Waals surface area contributed by atoms with Crippen molar-refractivity contribution in [2.24, 2.45) is 0 Å². The van der Waals surface area contributed by atoms with Crippen molar-refractivity contribution in [3.63, 3.8) is 0 Å². The predicted molar refractivity (Wildman–Crippen MR) is 108 cm³/mol. The van der Waals surface area contributed by atoms with Gasteiger partial charge in [-0.2, -0.15) is 10.4 Å². The zero-order valence-electron chi connectivity index (χ0n) is 16.6. The number of phenolic OH excluding ortho intramolecular Hbond substituents is 1. The number of phenols is 1. The molecule has 1 saturated carbocycles. The molecule has 0 bridgehead atoms. The summed E-state index contributed by atoms with van der Waals surface area (Å²) in [4.78, 5) is 12.5. The van der Waals surface area contributed by atoms with Crippen molar-refractivity contribution in [1.29, 1.82) is 5.26 Å². The number of ether oxygens (including phenoxy) is 1. The predicted octanol–water partition coefficient (Wildman–Crippen LogP) is 3.41. The van der Waals surface area contributed by atoms with Crippen molar-refractivity contribution in [3.8, 4) is 28.7 Å². The first-order valence-corrected chi connectivity index (χ1v) is 9.45. The van der Waals surface area contributed by atoms with Crippen LogP contribution in [0.2, 0.25) is 0 Å². The molecule has 2 N–H and O–H groups in total. The van der Waals surface area contributed by atoms with Gasteiger partial charge in [0.05, 0.1) is 30.3 Å². The Labute approximate surface area is 168 Å². The second-order valence-corrected chi connectivity index (χ2v) is 7.86. The third kappa shape index (κ3) is 3.38. The van der Waals surface area contributed by atoms with Crippen LogP contribution in [0.1, 0.15) is 42.6 Å². The molecule has 29 heavy (non-hydrogen) atoms. The van der Waals surface area contributed by atoms with Gasteiger partial charge >= 0.3 is 0 Å². The maximum atomic E-state index is 12.5. The van der Waals surface area contributed by atoms with Crippen molar-refractivity contribution in [3.05, 3.63) is 47.8 Å². The van der Waals surface area contributed by atoms with Gasteiger partial charge in [0.25, 0.3) is 5.91 Å². The van der Waals surface area contributed by atoms with Crippen LogP contribution in [0.4, 0.5) is 0 Å². The molecule has 4 rings (SSSR count). The van der Waals surface area contributed by atoms with Gasteiger partial charge in [-0.25, -0.2) is 4.52 Å². The molecule has 2 heterocycles. The number of pyridine rings is 1. The zero-order valence-corrected chi connectivity index (χ0v) is 16.6. The lowest BCUT2D eigenvalue weighted by molar-refractivity contribution is 0.0945. The van der Waals surface area contributed by atoms with Crippen LogP contribution in [0, 0.1) is 11.3 Å². The Balaban J connectivity index is 1.76. The monoisotopic (exact) mass is 390 g/mol. The standard InChI is InChI=1S/C22H22N4O3/c1-22(2,12-23)14-4-7-17-16(10-24-26(17)11-14)13-8-18(27)20(19(9-13)29-3)21(28)25-15-5-6-15/h4,7-11,15,27H,5-6H2,1-3H3,(H,25,28). The highest BCUT2D eigenvalue weighted by molar-refractivity contribution is 6.01. The number of benzene rings is 1. The molecule has 0 unspecified atom stereocenters. The Bertz CT molecular complexity index is 1150. The first-order valence-electron chi connectivity index (χ1n) is 9.45. The minimum Gasteiger partial charge on any atom is -0.507 e. The molecule has 0 spiro atoms. The van der Waals surface area contributed by atoms with E-state index in [1.54, 1.807) is 22.8 Å². The van der Waals surface area contributed by atoms with Gasteiger partial charge in [0.2, 0.25) is 0 Å². The minimum atomic E-state index is -0.627. The number of methoxy groups -OCH3 is 1. The number of hydrogen-bond acceptors (Lipinski definition) is 5. The second kappa shape index (κ2) is 6.82. The van der Waals surface area contributed by atoms with Crippen LogP contribution in [0.15, 0.2) is 36.7 Å². The summed E-state index contributed by atoms with van der Waals surface area (Å²) in [6.07, 6.45) is 5.44. The van der Waals surface area contributed by atoms with Crippen LogP contribution < -0.4 is 10.1 Å². The molecule has 7 nitrogen and oxygen atoms in total. The highest BCUT2D eigenvalue weighted by atomic mass is 16.5. The second-order valence-electron chi connectivity index (χ2n) is 7.86. The van der Waals surface area contributed by atoms with Crippen molar-refractivity contribution in [2.75, 3.05) is 7.11 Å². The Morgan fingerprint density at radius 3 is 2.79 bits per heavy atom. The van der Waals surface area contributed by atoms with E-state index in [1.165, 1.54) is 7.11 Å². The molecule has 2 aromatic heterocycles. The zero-order chi connectivity index (χ0) is 20.8. The number of aromatic hydroxyl groups is 1. The summed E-state index contributed by atoms with van der Waals surface area (Å²) >= 11 is 0. The summed E-state index contributed by atoms with van der Waals surface area (Å²) in [7, 11) is 1.47. The normalized spacial score (nSPS) is 13.9. The first kappa shape index (κ1) is 18.8. The minimum absolute atomic E-state index is 0.137. The molecule has 3 aromatic rings. The van der Waals surface area contributed by atoms with E-state index in [0.717, 1.165) is 29.5 Å². The third-order valence-electron chi connectivity index (χ3n) is 5.27. The summed E-state index contributed by atoms with van der Waals surface area (Å²) in [6.45, 7) is 3.71. The van der Waals surface area contributed by atoms with E-state index in [-0.39, 0.29) is 23.3 Å². The molecule has 0 aliphatic heterocycles. The summed E-state index contributed by atoms with van der Waals surface area (Å²) in [6, 6.07) is 9.54. The van der Waals surface area contributed by atoms with Gasteiger partial charge in [0.1, 0.15) is 17.1 Å². The van der Waals surface area contributed by atoms with E-state index in [2.05, 4.69) is 16.5 Å². The average molecular weight is 390 g/mol. The molecule has 1 fully saturated rings. The Morgan fingerprint density at radius 2 is 2.14 bits per heavy atom.